The summed E-state index contributed by atoms with van der Waals surface area (Å²) in [5, 5.41) is 6.43. The molecule has 5 nitrogen and oxygen atoms in total. The molecule has 0 aliphatic rings. The molecule has 0 aliphatic carbocycles. The lowest BCUT2D eigenvalue weighted by Crippen LogP contribution is -2.37. The van der Waals surface area contributed by atoms with Crippen LogP contribution in [0, 0.1) is 5.82 Å². The van der Waals surface area contributed by atoms with Crippen molar-refractivity contribution in [3.05, 3.63) is 59.4 Å². The number of ether oxygens (including phenoxy) is 2. The van der Waals surface area contributed by atoms with Gasteiger partial charge in [-0.2, -0.15) is 0 Å². The lowest BCUT2D eigenvalue weighted by Gasteiger charge is -2.14. The normalized spacial score (nSPS) is 10.7. The molecule has 2 aromatic rings. The van der Waals surface area contributed by atoms with Gasteiger partial charge in [0.15, 0.2) is 17.5 Å². The minimum absolute atomic E-state index is 0. The summed E-state index contributed by atoms with van der Waals surface area (Å²) in [6, 6.07) is 12.6. The second kappa shape index (κ2) is 12.4. The second-order valence-electron chi connectivity index (χ2n) is 5.61. The van der Waals surface area contributed by atoms with Crippen molar-refractivity contribution in [1.29, 1.82) is 0 Å². The minimum Gasteiger partial charge on any atom is -0.493 e. The van der Waals surface area contributed by atoms with Gasteiger partial charge in [0.05, 0.1) is 13.7 Å². The zero-order chi connectivity index (χ0) is 18.8. The molecule has 148 valence electrons. The van der Waals surface area contributed by atoms with Gasteiger partial charge in [0, 0.05) is 20.1 Å². The van der Waals surface area contributed by atoms with Gasteiger partial charge in [-0.1, -0.05) is 24.3 Å². The molecular formula is C20H27FIN3O2. The fraction of sp³-hybridized carbons (Fsp3) is 0.350. The van der Waals surface area contributed by atoms with E-state index in [0.717, 1.165) is 11.3 Å². The second-order valence-corrected chi connectivity index (χ2v) is 5.61. The fourth-order valence-corrected chi connectivity index (χ4v) is 2.52. The Kier molecular flexibility index (Phi) is 10.5. The predicted octanol–water partition coefficient (Wildman–Crippen LogP) is 3.76. The number of nitrogens with one attached hydrogen (secondary N) is 2. The molecule has 0 atom stereocenters. The van der Waals surface area contributed by atoms with Crippen LogP contribution in [0.25, 0.3) is 0 Å². The number of rotatable bonds is 8. The number of aliphatic imine (C=N–C) groups is 1. The highest BCUT2D eigenvalue weighted by atomic mass is 127. The maximum Gasteiger partial charge on any atom is 0.191 e. The third kappa shape index (κ3) is 7.24. The summed E-state index contributed by atoms with van der Waals surface area (Å²) in [5.74, 6) is 1.91. The number of methoxy groups -OCH3 is 1. The Hall–Kier alpha value is -2.03. The number of hydrogen-bond donors (Lipinski definition) is 2. The van der Waals surface area contributed by atoms with Crippen LogP contribution in [0.3, 0.4) is 0 Å². The highest BCUT2D eigenvalue weighted by Crippen LogP contribution is 2.27. The van der Waals surface area contributed by atoms with Gasteiger partial charge in [0.1, 0.15) is 5.82 Å². The van der Waals surface area contributed by atoms with E-state index in [-0.39, 0.29) is 29.8 Å². The molecule has 0 saturated carbocycles. The summed E-state index contributed by atoms with van der Waals surface area (Å²) in [5.41, 5.74) is 1.73. The van der Waals surface area contributed by atoms with Crippen LogP contribution in [0.4, 0.5) is 4.39 Å². The molecule has 2 rings (SSSR count). The maximum atomic E-state index is 13.6. The standard InChI is InChI=1S/C20H26FN3O2.HI/c1-4-26-18-10-9-15(13-19(18)25-3)14-24-20(22-2)23-12-11-16-7-5-6-8-17(16)21;/h5-10,13H,4,11-12,14H2,1-3H3,(H2,22,23,24);1H. The molecule has 0 aromatic heterocycles. The van der Waals surface area contributed by atoms with Crippen LogP contribution >= 0.6 is 24.0 Å². The Balaban J connectivity index is 0.00000364. The van der Waals surface area contributed by atoms with Crippen molar-refractivity contribution < 1.29 is 13.9 Å². The van der Waals surface area contributed by atoms with Gasteiger partial charge in [0.25, 0.3) is 0 Å². The third-order valence-electron chi connectivity index (χ3n) is 3.86. The van der Waals surface area contributed by atoms with Crippen LogP contribution in [-0.2, 0) is 13.0 Å². The third-order valence-corrected chi connectivity index (χ3v) is 3.86. The van der Waals surface area contributed by atoms with Crippen LogP contribution in [-0.4, -0.2) is 33.3 Å². The van der Waals surface area contributed by atoms with E-state index in [4.69, 9.17) is 9.47 Å². The molecule has 0 bridgehead atoms. The largest absolute Gasteiger partial charge is 0.493 e. The van der Waals surface area contributed by atoms with Crippen LogP contribution in [0.2, 0.25) is 0 Å². The smallest absolute Gasteiger partial charge is 0.191 e. The molecule has 0 fully saturated rings. The summed E-state index contributed by atoms with van der Waals surface area (Å²) in [7, 11) is 3.33. The van der Waals surface area contributed by atoms with E-state index in [2.05, 4.69) is 15.6 Å². The lowest BCUT2D eigenvalue weighted by molar-refractivity contribution is 0.310. The molecule has 0 saturated heterocycles. The molecule has 0 aliphatic heterocycles. The summed E-state index contributed by atoms with van der Waals surface area (Å²) < 4.78 is 24.5. The van der Waals surface area contributed by atoms with E-state index in [1.54, 1.807) is 26.3 Å². The summed E-state index contributed by atoms with van der Waals surface area (Å²) in [6.45, 7) is 3.70. The van der Waals surface area contributed by atoms with Crippen molar-refractivity contribution in [1.82, 2.24) is 10.6 Å². The molecule has 27 heavy (non-hydrogen) atoms. The highest BCUT2D eigenvalue weighted by Gasteiger charge is 2.06. The zero-order valence-corrected chi connectivity index (χ0v) is 18.3. The first-order valence-corrected chi connectivity index (χ1v) is 8.65. The van der Waals surface area contributed by atoms with Crippen molar-refractivity contribution in [2.24, 2.45) is 4.99 Å². The van der Waals surface area contributed by atoms with Gasteiger partial charge in [-0.25, -0.2) is 4.39 Å². The first-order chi connectivity index (χ1) is 12.7. The van der Waals surface area contributed by atoms with Gasteiger partial charge in [-0.15, -0.1) is 24.0 Å². The predicted molar refractivity (Wildman–Crippen MR) is 118 cm³/mol. The maximum absolute atomic E-state index is 13.6. The fourth-order valence-electron chi connectivity index (χ4n) is 2.52. The van der Waals surface area contributed by atoms with Gasteiger partial charge >= 0.3 is 0 Å². The quantitative estimate of drug-likeness (QED) is 0.339. The van der Waals surface area contributed by atoms with Crippen molar-refractivity contribution in [2.45, 2.75) is 19.9 Å². The molecule has 0 spiro atoms. The first kappa shape index (κ1) is 23.0. The van der Waals surface area contributed by atoms with E-state index >= 15 is 0 Å². The number of hydrogen-bond acceptors (Lipinski definition) is 3. The monoisotopic (exact) mass is 487 g/mol. The van der Waals surface area contributed by atoms with E-state index in [9.17, 15) is 4.39 Å². The van der Waals surface area contributed by atoms with Crippen molar-refractivity contribution in [2.75, 3.05) is 27.3 Å². The average molecular weight is 487 g/mol. The Morgan fingerprint density at radius 1 is 1.11 bits per heavy atom. The SMILES string of the molecule is CCOc1ccc(CNC(=NC)NCCc2ccccc2F)cc1OC.I. The Bertz CT molecular complexity index is 741. The van der Waals surface area contributed by atoms with Gasteiger partial charge < -0.3 is 20.1 Å². The number of guanidine groups is 1. The van der Waals surface area contributed by atoms with Crippen molar-refractivity contribution >= 4 is 29.9 Å². The minimum atomic E-state index is -0.182. The molecule has 0 unspecified atom stereocenters. The molecule has 2 aromatic carbocycles. The number of nitrogens with zero attached hydrogens (tertiary/aromatic N) is 1. The molecule has 0 radical (unpaired) electrons. The molecule has 0 heterocycles. The highest BCUT2D eigenvalue weighted by molar-refractivity contribution is 14.0. The van der Waals surface area contributed by atoms with Gasteiger partial charge in [0.2, 0.25) is 0 Å². The molecule has 7 heteroatoms. The Morgan fingerprint density at radius 2 is 1.89 bits per heavy atom. The first-order valence-electron chi connectivity index (χ1n) is 8.65. The van der Waals surface area contributed by atoms with Crippen LogP contribution in [0.15, 0.2) is 47.5 Å². The van der Waals surface area contributed by atoms with E-state index < -0.39 is 0 Å². The average Bonchev–Trinajstić information content (AvgIpc) is 2.67. The Morgan fingerprint density at radius 3 is 2.56 bits per heavy atom. The summed E-state index contributed by atoms with van der Waals surface area (Å²) in [6.07, 6.45) is 0.588. The van der Waals surface area contributed by atoms with E-state index in [0.29, 0.717) is 43.4 Å². The molecular weight excluding hydrogens is 460 g/mol. The van der Waals surface area contributed by atoms with E-state index in [1.165, 1.54) is 6.07 Å². The van der Waals surface area contributed by atoms with Crippen molar-refractivity contribution in [3.63, 3.8) is 0 Å². The molecule has 2 N–H and O–H groups in total. The van der Waals surface area contributed by atoms with Crippen LogP contribution < -0.4 is 20.1 Å². The summed E-state index contributed by atoms with van der Waals surface area (Å²) >= 11 is 0. The zero-order valence-electron chi connectivity index (χ0n) is 15.9. The topological polar surface area (TPSA) is 54.9 Å². The Labute approximate surface area is 177 Å². The molecule has 0 amide bonds. The summed E-state index contributed by atoms with van der Waals surface area (Å²) in [4.78, 5) is 4.19. The number of halogens is 2. The number of benzene rings is 2. The van der Waals surface area contributed by atoms with Gasteiger partial charge in [-0.3, -0.25) is 4.99 Å². The lowest BCUT2D eigenvalue weighted by atomic mass is 10.1. The van der Waals surface area contributed by atoms with Crippen molar-refractivity contribution in [3.8, 4) is 11.5 Å². The van der Waals surface area contributed by atoms with Crippen LogP contribution in [0.1, 0.15) is 18.1 Å². The van der Waals surface area contributed by atoms with E-state index in [1.807, 2.05) is 31.2 Å². The van der Waals surface area contributed by atoms with Crippen LogP contribution in [0.5, 0.6) is 11.5 Å². The van der Waals surface area contributed by atoms with Gasteiger partial charge in [-0.05, 0) is 42.7 Å².